The van der Waals surface area contributed by atoms with Crippen LogP contribution in [0.2, 0.25) is 0 Å². The molecule has 0 aliphatic carbocycles. The molecule has 1 rings (SSSR count). The highest BCUT2D eigenvalue weighted by Gasteiger charge is 2.04. The van der Waals surface area contributed by atoms with Gasteiger partial charge in [-0.2, -0.15) is 0 Å². The van der Waals surface area contributed by atoms with Crippen LogP contribution in [0.15, 0.2) is 24.3 Å². The molecule has 0 heterocycles. The van der Waals surface area contributed by atoms with Gasteiger partial charge in [0.15, 0.2) is 0 Å². The second-order valence-corrected chi connectivity index (χ2v) is 3.60. The van der Waals surface area contributed by atoms with Gasteiger partial charge in [-0.05, 0) is 18.2 Å². The first-order valence-electron chi connectivity index (χ1n) is 5.75. The van der Waals surface area contributed by atoms with Crippen molar-refractivity contribution in [2.24, 2.45) is 0 Å². The molecule has 18 heavy (non-hydrogen) atoms. The Bertz CT molecular complexity index is 446. The Kier molecular flexibility index (Phi) is 6.55. The first-order valence-corrected chi connectivity index (χ1v) is 5.75. The number of carbonyl (C=O) groups is 1. The van der Waals surface area contributed by atoms with E-state index >= 15 is 0 Å². The van der Waals surface area contributed by atoms with Gasteiger partial charge in [-0.15, -0.1) is 0 Å². The first kappa shape index (κ1) is 14.2. The number of hydrogen-bond acceptors (Lipinski definition) is 3. The van der Waals surface area contributed by atoms with Crippen molar-refractivity contribution in [3.05, 3.63) is 35.4 Å². The van der Waals surface area contributed by atoms with Crippen molar-refractivity contribution in [1.29, 1.82) is 0 Å². The Morgan fingerprint density at radius 3 is 3.06 bits per heavy atom. The van der Waals surface area contributed by atoms with Gasteiger partial charge in [-0.3, -0.25) is 4.79 Å². The van der Waals surface area contributed by atoms with Gasteiger partial charge in [0.25, 0.3) is 5.91 Å². The van der Waals surface area contributed by atoms with Crippen LogP contribution in [0.25, 0.3) is 0 Å². The SMILES string of the molecule is COCCNC(=O)c1cccc(C#CCCO)c1. The quantitative estimate of drug-likeness (QED) is 0.597. The minimum absolute atomic E-state index is 0.0458. The van der Waals surface area contributed by atoms with E-state index in [2.05, 4.69) is 17.2 Å². The molecule has 0 unspecified atom stereocenters. The lowest BCUT2D eigenvalue weighted by molar-refractivity contribution is 0.0937. The lowest BCUT2D eigenvalue weighted by Gasteiger charge is -2.04. The molecule has 2 N–H and O–H groups in total. The predicted molar refractivity (Wildman–Crippen MR) is 69.2 cm³/mol. The Balaban J connectivity index is 2.64. The summed E-state index contributed by atoms with van der Waals surface area (Å²) in [6, 6.07) is 7.08. The molecule has 0 atom stereocenters. The molecule has 96 valence electrons. The number of nitrogens with one attached hydrogen (secondary N) is 1. The van der Waals surface area contributed by atoms with Crippen LogP contribution >= 0.6 is 0 Å². The molecule has 1 aromatic carbocycles. The Morgan fingerprint density at radius 1 is 1.50 bits per heavy atom. The molecule has 0 fully saturated rings. The van der Waals surface area contributed by atoms with Gasteiger partial charge >= 0.3 is 0 Å². The van der Waals surface area contributed by atoms with Gasteiger partial charge < -0.3 is 15.2 Å². The monoisotopic (exact) mass is 247 g/mol. The number of aliphatic hydroxyl groups excluding tert-OH is 1. The number of carbonyl (C=O) groups excluding carboxylic acids is 1. The molecule has 0 aromatic heterocycles. The Morgan fingerprint density at radius 2 is 2.33 bits per heavy atom. The molecule has 0 spiro atoms. The molecule has 0 aliphatic rings. The topological polar surface area (TPSA) is 58.6 Å². The van der Waals surface area contributed by atoms with Crippen LogP contribution in [0.3, 0.4) is 0 Å². The third kappa shape index (κ3) is 5.00. The lowest BCUT2D eigenvalue weighted by Crippen LogP contribution is -2.26. The third-order valence-electron chi connectivity index (χ3n) is 2.19. The Hall–Kier alpha value is -1.83. The molecule has 0 radical (unpaired) electrons. The minimum atomic E-state index is -0.141. The molecular formula is C14H17NO3. The number of benzene rings is 1. The van der Waals surface area contributed by atoms with Crippen LogP contribution < -0.4 is 5.32 Å². The molecule has 4 heteroatoms. The van der Waals surface area contributed by atoms with Gasteiger partial charge in [0.1, 0.15) is 0 Å². The molecular weight excluding hydrogens is 230 g/mol. The maximum Gasteiger partial charge on any atom is 0.251 e. The van der Waals surface area contributed by atoms with Gasteiger partial charge in [0.2, 0.25) is 0 Å². The number of aliphatic hydroxyl groups is 1. The molecule has 1 amide bonds. The number of ether oxygens (including phenoxy) is 1. The fourth-order valence-corrected chi connectivity index (χ4v) is 1.33. The third-order valence-corrected chi connectivity index (χ3v) is 2.19. The zero-order valence-corrected chi connectivity index (χ0v) is 10.4. The number of amides is 1. The van der Waals surface area contributed by atoms with Crippen LogP contribution in [0.4, 0.5) is 0 Å². The lowest BCUT2D eigenvalue weighted by atomic mass is 10.1. The maximum absolute atomic E-state index is 11.7. The molecule has 0 saturated heterocycles. The average Bonchev–Trinajstić information content (AvgIpc) is 2.39. The zero-order chi connectivity index (χ0) is 13.2. The normalized spacial score (nSPS) is 9.44. The van der Waals surface area contributed by atoms with E-state index in [1.807, 2.05) is 6.07 Å². The van der Waals surface area contributed by atoms with Crippen LogP contribution in [-0.4, -0.2) is 37.9 Å². The van der Waals surface area contributed by atoms with Gasteiger partial charge in [-0.25, -0.2) is 0 Å². The van der Waals surface area contributed by atoms with Crippen molar-refractivity contribution in [3.63, 3.8) is 0 Å². The standard InChI is InChI=1S/C14H17NO3/c1-18-10-8-15-14(17)13-7-4-6-12(11-13)5-2-3-9-16/h4,6-7,11,16H,3,8-10H2,1H3,(H,15,17). The van der Waals surface area contributed by atoms with Crippen molar-refractivity contribution in [1.82, 2.24) is 5.32 Å². The van der Waals surface area contributed by atoms with Crippen molar-refractivity contribution in [2.45, 2.75) is 6.42 Å². The summed E-state index contributed by atoms with van der Waals surface area (Å²) in [6.07, 6.45) is 0.435. The molecule has 1 aromatic rings. The largest absolute Gasteiger partial charge is 0.395 e. The summed E-state index contributed by atoms with van der Waals surface area (Å²) in [5.74, 6) is 5.57. The summed E-state index contributed by atoms with van der Waals surface area (Å²) in [4.78, 5) is 11.7. The van der Waals surface area contributed by atoms with Crippen molar-refractivity contribution < 1.29 is 14.6 Å². The van der Waals surface area contributed by atoms with E-state index in [0.717, 1.165) is 5.56 Å². The second-order valence-electron chi connectivity index (χ2n) is 3.60. The summed E-state index contributed by atoms with van der Waals surface area (Å²) in [6.45, 7) is 1.02. The van der Waals surface area contributed by atoms with E-state index in [0.29, 0.717) is 25.1 Å². The van der Waals surface area contributed by atoms with Crippen molar-refractivity contribution >= 4 is 5.91 Å². The van der Waals surface area contributed by atoms with Crippen LogP contribution in [0.5, 0.6) is 0 Å². The maximum atomic E-state index is 11.7. The summed E-state index contributed by atoms with van der Waals surface area (Å²) < 4.78 is 4.86. The van der Waals surface area contributed by atoms with E-state index < -0.39 is 0 Å². The Labute approximate surface area is 107 Å². The van der Waals surface area contributed by atoms with E-state index in [-0.39, 0.29) is 12.5 Å². The number of methoxy groups -OCH3 is 1. The summed E-state index contributed by atoms with van der Waals surface area (Å²) in [5.41, 5.74) is 1.34. The highest BCUT2D eigenvalue weighted by atomic mass is 16.5. The second kappa shape index (κ2) is 8.29. The van der Waals surface area contributed by atoms with Crippen molar-refractivity contribution in [2.75, 3.05) is 26.9 Å². The predicted octanol–water partition coefficient (Wildman–Crippen LogP) is 0.797. The van der Waals surface area contributed by atoms with E-state index in [4.69, 9.17) is 9.84 Å². The average molecular weight is 247 g/mol. The summed E-state index contributed by atoms with van der Waals surface area (Å²) >= 11 is 0. The molecule has 0 aliphatic heterocycles. The summed E-state index contributed by atoms with van der Waals surface area (Å²) in [7, 11) is 1.59. The highest BCUT2D eigenvalue weighted by Crippen LogP contribution is 2.04. The number of rotatable bonds is 5. The van der Waals surface area contributed by atoms with E-state index in [9.17, 15) is 4.79 Å². The van der Waals surface area contributed by atoms with E-state index in [1.54, 1.807) is 25.3 Å². The molecule has 0 bridgehead atoms. The fraction of sp³-hybridized carbons (Fsp3) is 0.357. The van der Waals surface area contributed by atoms with E-state index in [1.165, 1.54) is 0 Å². The fourth-order valence-electron chi connectivity index (χ4n) is 1.33. The van der Waals surface area contributed by atoms with Crippen LogP contribution in [-0.2, 0) is 4.74 Å². The summed E-state index contributed by atoms with van der Waals surface area (Å²) in [5, 5.41) is 11.4. The molecule has 0 saturated carbocycles. The van der Waals surface area contributed by atoms with Crippen LogP contribution in [0, 0.1) is 11.8 Å². The smallest absolute Gasteiger partial charge is 0.251 e. The highest BCUT2D eigenvalue weighted by molar-refractivity contribution is 5.94. The van der Waals surface area contributed by atoms with Gasteiger partial charge in [0, 0.05) is 31.2 Å². The first-order chi connectivity index (χ1) is 8.77. The minimum Gasteiger partial charge on any atom is -0.395 e. The van der Waals surface area contributed by atoms with Crippen molar-refractivity contribution in [3.8, 4) is 11.8 Å². The van der Waals surface area contributed by atoms with Gasteiger partial charge in [-0.1, -0.05) is 17.9 Å². The zero-order valence-electron chi connectivity index (χ0n) is 10.4. The molecule has 4 nitrogen and oxygen atoms in total. The number of hydrogen-bond donors (Lipinski definition) is 2. The van der Waals surface area contributed by atoms with Crippen LogP contribution in [0.1, 0.15) is 22.3 Å². The van der Waals surface area contributed by atoms with Gasteiger partial charge in [0.05, 0.1) is 13.2 Å².